The highest BCUT2D eigenvalue weighted by Crippen LogP contribution is 2.22. The van der Waals surface area contributed by atoms with Gasteiger partial charge in [0, 0.05) is 25.2 Å². The van der Waals surface area contributed by atoms with Crippen LogP contribution in [0.4, 0.5) is 11.5 Å². The van der Waals surface area contributed by atoms with Crippen molar-refractivity contribution in [2.45, 2.75) is 13.8 Å². The van der Waals surface area contributed by atoms with Crippen LogP contribution in [-0.4, -0.2) is 60.6 Å². The summed E-state index contributed by atoms with van der Waals surface area (Å²) >= 11 is 0. The van der Waals surface area contributed by atoms with Crippen molar-refractivity contribution in [2.75, 3.05) is 43.9 Å². The van der Waals surface area contributed by atoms with Gasteiger partial charge >= 0.3 is 5.97 Å². The molecule has 0 atom stereocenters. The van der Waals surface area contributed by atoms with E-state index in [9.17, 15) is 14.7 Å². The van der Waals surface area contributed by atoms with Crippen LogP contribution in [0.3, 0.4) is 0 Å². The van der Waals surface area contributed by atoms with Crippen LogP contribution >= 0.6 is 0 Å². The van der Waals surface area contributed by atoms with Crippen LogP contribution in [0.5, 0.6) is 0 Å². The molecule has 0 radical (unpaired) electrons. The molecule has 0 aliphatic rings. The third kappa shape index (κ3) is 5.27. The van der Waals surface area contributed by atoms with Gasteiger partial charge in [0.25, 0.3) is 5.91 Å². The highest BCUT2D eigenvalue weighted by Gasteiger charge is 2.19. The summed E-state index contributed by atoms with van der Waals surface area (Å²) < 4.78 is 0. The Kier molecular flexibility index (Phi) is 6.90. The number of carbonyl (C=O) groups excluding carboxylic acids is 1. The molecule has 1 aromatic heterocycles. The predicted octanol–water partition coefficient (Wildman–Crippen LogP) is 2.73. The van der Waals surface area contributed by atoms with E-state index in [4.69, 9.17) is 0 Å². The number of rotatable bonds is 8. The van der Waals surface area contributed by atoms with E-state index < -0.39 is 5.97 Å². The van der Waals surface area contributed by atoms with Gasteiger partial charge in [-0.15, -0.1) is 0 Å². The van der Waals surface area contributed by atoms with Gasteiger partial charge in [-0.05, 0) is 45.6 Å². The Balaban J connectivity index is 2.28. The lowest BCUT2D eigenvalue weighted by atomic mass is 10.1. The first-order valence-electron chi connectivity index (χ1n) is 8.83. The normalized spacial score (nSPS) is 10.7. The minimum Gasteiger partial charge on any atom is -0.478 e. The largest absolute Gasteiger partial charge is 0.478 e. The van der Waals surface area contributed by atoms with Crippen LogP contribution in [0, 0.1) is 6.92 Å². The second-order valence-electron chi connectivity index (χ2n) is 6.55. The molecule has 0 aliphatic carbocycles. The number of carbonyl (C=O) groups is 2. The van der Waals surface area contributed by atoms with Crippen LogP contribution in [0.25, 0.3) is 0 Å². The second-order valence-corrected chi connectivity index (χ2v) is 6.55. The number of aromatic nitrogens is 1. The van der Waals surface area contributed by atoms with Crippen LogP contribution in [0.1, 0.15) is 33.2 Å². The Morgan fingerprint density at radius 2 is 1.85 bits per heavy atom. The van der Waals surface area contributed by atoms with Crippen molar-refractivity contribution in [3.05, 3.63) is 53.2 Å². The molecule has 0 fully saturated rings. The summed E-state index contributed by atoms with van der Waals surface area (Å²) in [5, 5.41) is 12.4. The standard InChI is InChI=1S/C20H26N4O3/c1-5-24(11-10-23(3)4)18-17(20(26)27)12-15(13-21-18)22-19(25)16-9-7-6-8-14(16)2/h6-9,12-13H,5,10-11H2,1-4H3,(H,22,25)(H,26,27). The van der Waals surface area contributed by atoms with E-state index in [1.165, 1.54) is 12.3 Å². The number of carboxylic acid groups (broad SMARTS) is 1. The van der Waals surface area contributed by atoms with Gasteiger partial charge in [-0.2, -0.15) is 0 Å². The maximum Gasteiger partial charge on any atom is 0.339 e. The average molecular weight is 370 g/mol. The predicted molar refractivity (Wildman–Crippen MR) is 107 cm³/mol. The van der Waals surface area contributed by atoms with E-state index in [1.807, 2.05) is 49.9 Å². The first kappa shape index (κ1) is 20.4. The Hall–Kier alpha value is -2.93. The maximum absolute atomic E-state index is 12.5. The molecular formula is C20H26N4O3. The van der Waals surface area contributed by atoms with E-state index in [1.54, 1.807) is 12.1 Å². The summed E-state index contributed by atoms with van der Waals surface area (Å²) in [6.45, 7) is 5.88. The lowest BCUT2D eigenvalue weighted by molar-refractivity contribution is 0.0696. The molecule has 0 unspecified atom stereocenters. The quantitative estimate of drug-likeness (QED) is 0.743. The van der Waals surface area contributed by atoms with Crippen molar-refractivity contribution in [2.24, 2.45) is 0 Å². The highest BCUT2D eigenvalue weighted by atomic mass is 16.4. The number of nitrogens with zero attached hydrogens (tertiary/aromatic N) is 3. The van der Waals surface area contributed by atoms with E-state index in [0.29, 0.717) is 30.2 Å². The molecule has 144 valence electrons. The van der Waals surface area contributed by atoms with Crippen LogP contribution in [-0.2, 0) is 0 Å². The number of nitrogens with one attached hydrogen (secondary N) is 1. The van der Waals surface area contributed by atoms with Gasteiger partial charge in [-0.3, -0.25) is 4.79 Å². The molecule has 0 bridgehead atoms. The SMILES string of the molecule is CCN(CCN(C)C)c1ncc(NC(=O)c2ccccc2C)cc1C(=O)O. The number of amides is 1. The number of hydrogen-bond donors (Lipinski definition) is 2. The van der Waals surface area contributed by atoms with Crippen molar-refractivity contribution in [3.63, 3.8) is 0 Å². The molecule has 7 heteroatoms. The second kappa shape index (κ2) is 9.14. The lowest BCUT2D eigenvalue weighted by Gasteiger charge is -2.25. The molecule has 0 aliphatic heterocycles. The van der Waals surface area contributed by atoms with Crippen molar-refractivity contribution < 1.29 is 14.7 Å². The Morgan fingerprint density at radius 3 is 2.44 bits per heavy atom. The molecule has 1 heterocycles. The van der Waals surface area contributed by atoms with E-state index in [-0.39, 0.29) is 11.5 Å². The fourth-order valence-corrected chi connectivity index (χ4v) is 2.70. The lowest BCUT2D eigenvalue weighted by Crippen LogP contribution is -2.33. The summed E-state index contributed by atoms with van der Waals surface area (Å²) in [6, 6.07) is 8.68. The van der Waals surface area contributed by atoms with Crippen LogP contribution in [0.15, 0.2) is 36.5 Å². The number of anilines is 2. The van der Waals surface area contributed by atoms with Crippen LogP contribution in [0.2, 0.25) is 0 Å². The number of aryl methyl sites for hydroxylation is 1. The summed E-state index contributed by atoms with van der Waals surface area (Å²) in [6.07, 6.45) is 1.50. The zero-order valence-electron chi connectivity index (χ0n) is 16.2. The molecule has 27 heavy (non-hydrogen) atoms. The van der Waals surface area contributed by atoms with Gasteiger partial charge in [0.05, 0.1) is 11.9 Å². The van der Waals surface area contributed by atoms with Crippen molar-refractivity contribution in [1.82, 2.24) is 9.88 Å². The van der Waals surface area contributed by atoms with Crippen LogP contribution < -0.4 is 10.2 Å². The van der Waals surface area contributed by atoms with E-state index in [0.717, 1.165) is 12.1 Å². The molecule has 1 aromatic carbocycles. The number of benzene rings is 1. The zero-order chi connectivity index (χ0) is 20.0. The number of aromatic carboxylic acids is 1. The minimum absolute atomic E-state index is 0.0678. The average Bonchev–Trinajstić information content (AvgIpc) is 2.63. The number of carboxylic acids is 1. The topological polar surface area (TPSA) is 85.8 Å². The fourth-order valence-electron chi connectivity index (χ4n) is 2.70. The maximum atomic E-state index is 12.5. The van der Waals surface area contributed by atoms with E-state index >= 15 is 0 Å². The van der Waals surface area contributed by atoms with Crippen molar-refractivity contribution >= 4 is 23.4 Å². The van der Waals surface area contributed by atoms with Gasteiger partial charge in [-0.1, -0.05) is 18.2 Å². The summed E-state index contributed by atoms with van der Waals surface area (Å²) in [5.41, 5.74) is 1.81. The van der Waals surface area contributed by atoms with Gasteiger partial charge in [0.1, 0.15) is 11.4 Å². The van der Waals surface area contributed by atoms with E-state index in [2.05, 4.69) is 10.3 Å². The van der Waals surface area contributed by atoms with Gasteiger partial charge in [0.2, 0.25) is 0 Å². The molecule has 7 nitrogen and oxygen atoms in total. The number of likely N-dealkylation sites (N-methyl/N-ethyl adjacent to an activating group) is 2. The molecule has 0 saturated carbocycles. The first-order valence-corrected chi connectivity index (χ1v) is 8.83. The number of pyridine rings is 1. The monoisotopic (exact) mass is 370 g/mol. The minimum atomic E-state index is -1.08. The van der Waals surface area contributed by atoms with Gasteiger partial charge in [-0.25, -0.2) is 9.78 Å². The first-order chi connectivity index (χ1) is 12.8. The molecule has 2 aromatic rings. The third-order valence-corrected chi connectivity index (χ3v) is 4.24. The Labute approximate surface area is 159 Å². The Bertz CT molecular complexity index is 821. The Morgan fingerprint density at radius 1 is 1.15 bits per heavy atom. The molecule has 0 saturated heterocycles. The van der Waals surface area contributed by atoms with Crippen molar-refractivity contribution in [1.29, 1.82) is 0 Å². The number of hydrogen-bond acceptors (Lipinski definition) is 5. The molecule has 0 spiro atoms. The van der Waals surface area contributed by atoms with Gasteiger partial charge in [0.15, 0.2) is 0 Å². The van der Waals surface area contributed by atoms with Crippen molar-refractivity contribution in [3.8, 4) is 0 Å². The fraction of sp³-hybridized carbons (Fsp3) is 0.350. The highest BCUT2D eigenvalue weighted by molar-refractivity contribution is 6.06. The smallest absolute Gasteiger partial charge is 0.339 e. The molecule has 1 amide bonds. The zero-order valence-corrected chi connectivity index (χ0v) is 16.2. The third-order valence-electron chi connectivity index (χ3n) is 4.24. The van der Waals surface area contributed by atoms with Gasteiger partial charge < -0.3 is 20.2 Å². The summed E-state index contributed by atoms with van der Waals surface area (Å²) in [7, 11) is 3.92. The summed E-state index contributed by atoms with van der Waals surface area (Å²) in [4.78, 5) is 32.5. The molecular weight excluding hydrogens is 344 g/mol. The molecule has 2 N–H and O–H groups in total. The molecule has 2 rings (SSSR count). The summed E-state index contributed by atoms with van der Waals surface area (Å²) in [5.74, 6) is -0.965.